The number of anilines is 2. The lowest BCUT2D eigenvalue weighted by Crippen LogP contribution is -2.29. The molecule has 0 N–H and O–H groups in total. The van der Waals surface area contributed by atoms with Gasteiger partial charge in [-0.15, -0.1) is 0 Å². The van der Waals surface area contributed by atoms with E-state index in [0.717, 1.165) is 37.5 Å². The molecule has 0 unspecified atom stereocenters. The lowest BCUT2D eigenvalue weighted by atomic mass is 10.1. The molecule has 114 valence electrons. The molecule has 6 nitrogen and oxygen atoms in total. The van der Waals surface area contributed by atoms with Crippen LogP contribution in [-0.4, -0.2) is 43.6 Å². The van der Waals surface area contributed by atoms with Gasteiger partial charge in [-0.2, -0.15) is 0 Å². The van der Waals surface area contributed by atoms with Crippen molar-refractivity contribution < 1.29 is 14.3 Å². The fraction of sp³-hybridized carbons (Fsp3) is 0.643. The Labute approximate surface area is 127 Å². The average molecular weight is 309 g/mol. The molecule has 0 aromatic carbocycles. The van der Waals surface area contributed by atoms with E-state index < -0.39 is 5.97 Å². The summed E-state index contributed by atoms with van der Waals surface area (Å²) in [6.45, 7) is 2.55. The number of rotatable bonds is 3. The third kappa shape index (κ3) is 2.74. The number of carbonyl (C=O) groups excluding carboxylic acids is 2. The molecule has 2 aliphatic rings. The molecular formula is C14H19N3O3S. The van der Waals surface area contributed by atoms with E-state index >= 15 is 0 Å². The summed E-state index contributed by atoms with van der Waals surface area (Å²) in [6.07, 6.45) is 4.87. The molecule has 2 saturated heterocycles. The Hall–Kier alpha value is -1.63. The van der Waals surface area contributed by atoms with Crippen molar-refractivity contribution in [1.82, 2.24) is 4.98 Å². The lowest BCUT2D eigenvalue weighted by molar-refractivity contribution is -0.117. The van der Waals surface area contributed by atoms with Crippen LogP contribution >= 0.6 is 11.3 Å². The molecule has 21 heavy (non-hydrogen) atoms. The summed E-state index contributed by atoms with van der Waals surface area (Å²) in [5.74, 6) is 0.107. The van der Waals surface area contributed by atoms with Crippen LogP contribution in [0, 0.1) is 0 Å². The number of thiazole rings is 1. The maximum absolute atomic E-state index is 12.0. The van der Waals surface area contributed by atoms with Gasteiger partial charge in [0.05, 0.1) is 7.11 Å². The van der Waals surface area contributed by atoms with Crippen LogP contribution in [0.2, 0.25) is 0 Å². The van der Waals surface area contributed by atoms with Crippen molar-refractivity contribution in [3.05, 3.63) is 4.88 Å². The third-order valence-corrected chi connectivity index (χ3v) is 5.01. The fourth-order valence-corrected chi connectivity index (χ4v) is 3.84. The van der Waals surface area contributed by atoms with Crippen molar-refractivity contribution in [3.63, 3.8) is 0 Å². The highest BCUT2D eigenvalue weighted by Gasteiger charge is 2.31. The van der Waals surface area contributed by atoms with Crippen LogP contribution in [0.4, 0.5) is 10.9 Å². The summed E-state index contributed by atoms with van der Waals surface area (Å²) in [6, 6.07) is 0. The van der Waals surface area contributed by atoms with Gasteiger partial charge in [-0.1, -0.05) is 11.3 Å². The average Bonchev–Trinajstić information content (AvgIpc) is 3.13. The minimum atomic E-state index is -0.412. The highest BCUT2D eigenvalue weighted by Crippen LogP contribution is 2.35. The van der Waals surface area contributed by atoms with Gasteiger partial charge in [-0.3, -0.25) is 9.69 Å². The zero-order valence-electron chi connectivity index (χ0n) is 12.1. The summed E-state index contributed by atoms with van der Waals surface area (Å²) in [5, 5.41) is 0.824. The second-order valence-electron chi connectivity index (χ2n) is 5.34. The van der Waals surface area contributed by atoms with Gasteiger partial charge < -0.3 is 9.64 Å². The van der Waals surface area contributed by atoms with Gasteiger partial charge in [0.25, 0.3) is 0 Å². The Morgan fingerprint density at radius 2 is 1.95 bits per heavy atom. The van der Waals surface area contributed by atoms with Crippen molar-refractivity contribution in [2.75, 3.05) is 36.5 Å². The minimum Gasteiger partial charge on any atom is -0.465 e. The number of methoxy groups -OCH3 is 1. The Morgan fingerprint density at radius 1 is 1.19 bits per heavy atom. The number of ether oxygens (including phenoxy) is 1. The number of hydrogen-bond donors (Lipinski definition) is 0. The molecule has 1 amide bonds. The molecule has 0 radical (unpaired) electrons. The molecule has 0 saturated carbocycles. The number of amides is 1. The van der Waals surface area contributed by atoms with Crippen molar-refractivity contribution in [3.8, 4) is 0 Å². The van der Waals surface area contributed by atoms with Gasteiger partial charge in [-0.05, 0) is 25.7 Å². The van der Waals surface area contributed by atoms with Crippen molar-refractivity contribution >= 4 is 34.2 Å². The van der Waals surface area contributed by atoms with E-state index in [1.165, 1.54) is 24.9 Å². The molecule has 3 rings (SSSR count). The molecule has 0 spiro atoms. The second kappa shape index (κ2) is 6.01. The van der Waals surface area contributed by atoms with E-state index in [2.05, 4.69) is 9.88 Å². The Morgan fingerprint density at radius 3 is 2.57 bits per heavy atom. The van der Waals surface area contributed by atoms with Gasteiger partial charge in [0.2, 0.25) is 5.91 Å². The first-order valence-corrected chi connectivity index (χ1v) is 8.17. The van der Waals surface area contributed by atoms with Gasteiger partial charge in [-0.25, -0.2) is 9.78 Å². The van der Waals surface area contributed by atoms with Gasteiger partial charge >= 0.3 is 5.97 Å². The molecule has 1 aromatic heterocycles. The molecule has 7 heteroatoms. The number of piperidine rings is 1. The van der Waals surface area contributed by atoms with Crippen LogP contribution in [0.1, 0.15) is 41.8 Å². The van der Waals surface area contributed by atoms with Crippen LogP contribution in [0.25, 0.3) is 0 Å². The summed E-state index contributed by atoms with van der Waals surface area (Å²) in [7, 11) is 1.36. The van der Waals surface area contributed by atoms with Crippen LogP contribution in [0.5, 0.6) is 0 Å². The van der Waals surface area contributed by atoms with Crippen molar-refractivity contribution in [2.24, 2.45) is 0 Å². The predicted molar refractivity (Wildman–Crippen MR) is 81.1 cm³/mol. The second-order valence-corrected chi connectivity index (χ2v) is 6.31. The minimum absolute atomic E-state index is 0.0376. The lowest BCUT2D eigenvalue weighted by Gasteiger charge is -2.25. The molecule has 2 fully saturated rings. The quantitative estimate of drug-likeness (QED) is 0.800. The molecular weight excluding hydrogens is 290 g/mol. The van der Waals surface area contributed by atoms with E-state index in [4.69, 9.17) is 4.74 Å². The first-order valence-electron chi connectivity index (χ1n) is 7.35. The highest BCUT2D eigenvalue weighted by atomic mass is 32.1. The van der Waals surface area contributed by atoms with E-state index in [-0.39, 0.29) is 5.91 Å². The third-order valence-electron chi connectivity index (χ3n) is 3.92. The van der Waals surface area contributed by atoms with E-state index in [1.807, 2.05) is 0 Å². The highest BCUT2D eigenvalue weighted by molar-refractivity contribution is 7.18. The summed E-state index contributed by atoms with van der Waals surface area (Å²) < 4.78 is 4.85. The number of esters is 1. The monoisotopic (exact) mass is 309 g/mol. The number of carbonyl (C=O) groups is 2. The summed E-state index contributed by atoms with van der Waals surface area (Å²) in [5.41, 5.74) is 0. The van der Waals surface area contributed by atoms with Crippen LogP contribution in [0.15, 0.2) is 0 Å². The Balaban J connectivity index is 1.94. The maximum Gasteiger partial charge on any atom is 0.352 e. The van der Waals surface area contributed by atoms with Crippen molar-refractivity contribution in [2.45, 2.75) is 32.1 Å². The van der Waals surface area contributed by atoms with E-state index in [1.54, 1.807) is 4.90 Å². The number of nitrogens with zero attached hydrogens (tertiary/aromatic N) is 3. The molecule has 3 heterocycles. The Bertz CT molecular complexity index is 552. The SMILES string of the molecule is COC(=O)c1sc(N2CCCCC2)nc1N1CCCC1=O. The molecule has 1 aromatic rings. The zero-order chi connectivity index (χ0) is 14.8. The fourth-order valence-electron chi connectivity index (χ4n) is 2.80. The molecule has 0 bridgehead atoms. The number of aromatic nitrogens is 1. The molecule has 2 aliphatic heterocycles. The van der Waals surface area contributed by atoms with Crippen LogP contribution < -0.4 is 9.80 Å². The molecule has 0 atom stereocenters. The molecule has 0 aliphatic carbocycles. The van der Waals surface area contributed by atoms with Gasteiger partial charge in [0.15, 0.2) is 15.8 Å². The standard InChI is InChI=1S/C14H19N3O3S/c1-20-13(19)11-12(17-9-5-6-10(17)18)15-14(21-11)16-7-3-2-4-8-16/h2-9H2,1H3. The van der Waals surface area contributed by atoms with E-state index in [0.29, 0.717) is 23.7 Å². The van der Waals surface area contributed by atoms with Crippen LogP contribution in [0.3, 0.4) is 0 Å². The van der Waals surface area contributed by atoms with Gasteiger partial charge in [0.1, 0.15) is 0 Å². The number of hydrogen-bond acceptors (Lipinski definition) is 6. The van der Waals surface area contributed by atoms with Crippen LogP contribution in [-0.2, 0) is 9.53 Å². The first kappa shape index (κ1) is 14.3. The normalized spacial score (nSPS) is 19.2. The smallest absolute Gasteiger partial charge is 0.352 e. The predicted octanol–water partition coefficient (Wildman–Crippen LogP) is 2.05. The summed E-state index contributed by atoms with van der Waals surface area (Å²) >= 11 is 1.33. The van der Waals surface area contributed by atoms with E-state index in [9.17, 15) is 9.59 Å². The largest absolute Gasteiger partial charge is 0.465 e. The first-order chi connectivity index (χ1) is 10.2. The Kier molecular flexibility index (Phi) is 4.10. The van der Waals surface area contributed by atoms with Gasteiger partial charge in [0, 0.05) is 26.1 Å². The zero-order valence-corrected chi connectivity index (χ0v) is 12.9. The maximum atomic E-state index is 12.0. The summed E-state index contributed by atoms with van der Waals surface area (Å²) in [4.78, 5) is 32.8. The topological polar surface area (TPSA) is 62.7 Å². The van der Waals surface area contributed by atoms with Crippen molar-refractivity contribution in [1.29, 1.82) is 0 Å².